The van der Waals surface area contributed by atoms with Crippen molar-refractivity contribution in [1.29, 1.82) is 0 Å². The van der Waals surface area contributed by atoms with Gasteiger partial charge in [0.1, 0.15) is 27.9 Å². The number of hydrogen-bond acceptors (Lipinski definition) is 5. The van der Waals surface area contributed by atoms with Gasteiger partial charge in [-0.2, -0.15) is 13.2 Å². The predicted octanol–water partition coefficient (Wildman–Crippen LogP) is 6.16. The Hall–Kier alpha value is -2.58. The number of benzene rings is 1. The third-order valence-corrected chi connectivity index (χ3v) is 4.60. The van der Waals surface area contributed by atoms with Crippen molar-refractivity contribution in [3.63, 3.8) is 0 Å². The van der Waals surface area contributed by atoms with E-state index in [1.165, 1.54) is 6.33 Å². The van der Waals surface area contributed by atoms with E-state index in [-0.39, 0.29) is 10.9 Å². The molecule has 152 valence electrons. The van der Waals surface area contributed by atoms with Gasteiger partial charge in [-0.05, 0) is 30.2 Å². The van der Waals surface area contributed by atoms with Crippen LogP contribution < -0.4 is 10.1 Å². The Balaban J connectivity index is 1.65. The molecule has 5 nitrogen and oxygen atoms in total. The van der Waals surface area contributed by atoms with E-state index < -0.39 is 11.7 Å². The van der Waals surface area contributed by atoms with Crippen LogP contribution in [0.25, 0.3) is 0 Å². The Bertz CT molecular complexity index is 998. The zero-order chi connectivity index (χ0) is 21.0. The lowest BCUT2D eigenvalue weighted by atomic mass is 10.2. The largest absolute Gasteiger partial charge is 0.438 e. The van der Waals surface area contributed by atoms with Crippen molar-refractivity contribution in [2.45, 2.75) is 26.1 Å². The maximum absolute atomic E-state index is 12.7. The van der Waals surface area contributed by atoms with E-state index >= 15 is 0 Å². The summed E-state index contributed by atoms with van der Waals surface area (Å²) in [5, 5.41) is 3.40. The van der Waals surface area contributed by atoms with E-state index in [1.807, 2.05) is 6.92 Å². The van der Waals surface area contributed by atoms with Crippen LogP contribution in [-0.2, 0) is 19.1 Å². The van der Waals surface area contributed by atoms with Gasteiger partial charge in [-0.25, -0.2) is 15.0 Å². The van der Waals surface area contributed by atoms with Gasteiger partial charge in [-0.15, -0.1) is 0 Å². The zero-order valence-corrected chi connectivity index (χ0v) is 16.6. The highest BCUT2D eigenvalue weighted by atomic mass is 35.5. The molecule has 1 N–H and O–H groups in total. The fourth-order valence-electron chi connectivity index (χ4n) is 2.40. The second-order valence-corrected chi connectivity index (χ2v) is 6.73. The average molecular weight is 443 g/mol. The van der Waals surface area contributed by atoms with Crippen molar-refractivity contribution in [3.05, 3.63) is 69.7 Å². The van der Waals surface area contributed by atoms with Crippen molar-refractivity contribution in [2.75, 3.05) is 5.32 Å². The topological polar surface area (TPSA) is 59.9 Å². The van der Waals surface area contributed by atoms with Gasteiger partial charge in [0.05, 0.1) is 11.3 Å². The fraction of sp³-hybridized carbons (Fsp3) is 0.211. The average Bonchev–Trinajstić information content (AvgIpc) is 2.69. The van der Waals surface area contributed by atoms with Gasteiger partial charge >= 0.3 is 6.18 Å². The van der Waals surface area contributed by atoms with E-state index in [0.717, 1.165) is 17.3 Å². The Kier molecular flexibility index (Phi) is 6.44. The highest BCUT2D eigenvalue weighted by molar-refractivity contribution is 6.33. The van der Waals surface area contributed by atoms with Crippen LogP contribution in [0.1, 0.15) is 23.7 Å². The molecule has 2 aromatic heterocycles. The maximum Gasteiger partial charge on any atom is 0.417 e. The van der Waals surface area contributed by atoms with Gasteiger partial charge in [0, 0.05) is 12.7 Å². The number of pyridine rings is 1. The Morgan fingerprint density at radius 3 is 2.41 bits per heavy atom. The Labute approximate surface area is 174 Å². The van der Waals surface area contributed by atoms with Crippen LogP contribution in [0.3, 0.4) is 0 Å². The number of ether oxygens (including phenoxy) is 1. The SMILES string of the molecule is CCc1ncnc(NCc2ccc(Oc3ncc(C(F)(F)F)cc3Cl)cc2)c1Cl. The quantitative estimate of drug-likeness (QED) is 0.494. The Morgan fingerprint density at radius 2 is 1.79 bits per heavy atom. The van der Waals surface area contributed by atoms with E-state index in [1.54, 1.807) is 24.3 Å². The highest BCUT2D eigenvalue weighted by Crippen LogP contribution is 2.34. The fourth-order valence-corrected chi connectivity index (χ4v) is 2.91. The molecule has 10 heteroatoms. The van der Waals surface area contributed by atoms with Gasteiger partial charge in [0.2, 0.25) is 5.88 Å². The molecule has 0 aliphatic carbocycles. The molecule has 0 unspecified atom stereocenters. The Morgan fingerprint density at radius 1 is 1.07 bits per heavy atom. The van der Waals surface area contributed by atoms with Crippen LogP contribution in [0.2, 0.25) is 10.0 Å². The molecule has 0 atom stereocenters. The molecule has 0 amide bonds. The molecule has 0 spiro atoms. The third-order valence-electron chi connectivity index (χ3n) is 3.93. The molecule has 0 radical (unpaired) electrons. The number of nitrogens with one attached hydrogen (secondary N) is 1. The molecule has 29 heavy (non-hydrogen) atoms. The number of hydrogen-bond donors (Lipinski definition) is 1. The predicted molar refractivity (Wildman–Crippen MR) is 105 cm³/mol. The smallest absolute Gasteiger partial charge is 0.417 e. The van der Waals surface area contributed by atoms with Crippen LogP contribution in [0.4, 0.5) is 19.0 Å². The minimum atomic E-state index is -4.52. The van der Waals surface area contributed by atoms with E-state index in [0.29, 0.717) is 35.8 Å². The third kappa shape index (κ3) is 5.27. The monoisotopic (exact) mass is 442 g/mol. The van der Waals surface area contributed by atoms with Gasteiger partial charge in [0.15, 0.2) is 0 Å². The lowest BCUT2D eigenvalue weighted by Gasteiger charge is -2.11. The van der Waals surface area contributed by atoms with E-state index in [9.17, 15) is 13.2 Å². The first kappa shape index (κ1) is 21.1. The summed E-state index contributed by atoms with van der Waals surface area (Å²) < 4.78 is 43.5. The molecule has 2 heterocycles. The van der Waals surface area contributed by atoms with Crippen molar-refractivity contribution in [3.8, 4) is 11.6 Å². The summed E-state index contributed by atoms with van der Waals surface area (Å²) in [6.07, 6.45) is -1.70. The minimum absolute atomic E-state index is 0.106. The van der Waals surface area contributed by atoms with Crippen LogP contribution in [0, 0.1) is 0 Å². The normalized spacial score (nSPS) is 11.4. The van der Waals surface area contributed by atoms with Crippen LogP contribution >= 0.6 is 23.2 Å². The lowest BCUT2D eigenvalue weighted by Crippen LogP contribution is -2.06. The lowest BCUT2D eigenvalue weighted by molar-refractivity contribution is -0.137. The number of rotatable bonds is 6. The van der Waals surface area contributed by atoms with E-state index in [2.05, 4.69) is 20.3 Å². The molecule has 0 saturated carbocycles. The van der Waals surface area contributed by atoms with Gasteiger partial charge in [-0.3, -0.25) is 0 Å². The number of halogens is 5. The summed E-state index contributed by atoms with van der Waals surface area (Å²) in [6, 6.07) is 7.67. The van der Waals surface area contributed by atoms with Crippen LogP contribution in [0.15, 0.2) is 42.9 Å². The highest BCUT2D eigenvalue weighted by Gasteiger charge is 2.31. The summed E-state index contributed by atoms with van der Waals surface area (Å²) >= 11 is 12.1. The molecule has 0 bridgehead atoms. The molecule has 0 aliphatic rings. The second-order valence-electron chi connectivity index (χ2n) is 5.94. The molecular weight excluding hydrogens is 428 g/mol. The van der Waals surface area contributed by atoms with E-state index in [4.69, 9.17) is 27.9 Å². The summed E-state index contributed by atoms with van der Waals surface area (Å²) in [7, 11) is 0. The molecule has 0 aliphatic heterocycles. The molecule has 0 saturated heterocycles. The molecular formula is C19H15Cl2F3N4O. The standard InChI is InChI=1S/C19H15Cl2F3N4O/c1-2-15-16(21)17(28-10-27-15)25-8-11-3-5-13(6-4-11)29-18-14(20)7-12(9-26-18)19(22,23)24/h3-7,9-10H,2,8H2,1H3,(H,25,27,28). The number of nitrogens with zero attached hydrogens (tertiary/aromatic N) is 3. The minimum Gasteiger partial charge on any atom is -0.438 e. The van der Waals surface area contributed by atoms with Crippen molar-refractivity contribution in [1.82, 2.24) is 15.0 Å². The first-order valence-electron chi connectivity index (χ1n) is 8.50. The van der Waals surface area contributed by atoms with Crippen molar-refractivity contribution in [2.24, 2.45) is 0 Å². The molecule has 1 aromatic carbocycles. The zero-order valence-electron chi connectivity index (χ0n) is 15.1. The van der Waals surface area contributed by atoms with Crippen molar-refractivity contribution < 1.29 is 17.9 Å². The summed E-state index contributed by atoms with van der Waals surface area (Å²) in [6.45, 7) is 2.41. The molecule has 3 rings (SSSR count). The maximum atomic E-state index is 12.7. The van der Waals surface area contributed by atoms with Crippen molar-refractivity contribution >= 4 is 29.0 Å². The number of anilines is 1. The number of aromatic nitrogens is 3. The number of alkyl halides is 3. The number of aryl methyl sites for hydroxylation is 1. The van der Waals surface area contributed by atoms with Gasteiger partial charge in [0.25, 0.3) is 0 Å². The first-order valence-corrected chi connectivity index (χ1v) is 9.26. The van der Waals surface area contributed by atoms with Gasteiger partial charge in [-0.1, -0.05) is 42.3 Å². The van der Waals surface area contributed by atoms with Gasteiger partial charge < -0.3 is 10.1 Å². The summed E-state index contributed by atoms with van der Waals surface area (Å²) in [4.78, 5) is 11.9. The summed E-state index contributed by atoms with van der Waals surface area (Å²) in [5.74, 6) is 0.821. The molecule has 3 aromatic rings. The van der Waals surface area contributed by atoms with Crippen LogP contribution in [-0.4, -0.2) is 15.0 Å². The first-order chi connectivity index (χ1) is 13.8. The summed E-state index contributed by atoms with van der Waals surface area (Å²) in [5.41, 5.74) is 0.733. The second kappa shape index (κ2) is 8.84. The van der Waals surface area contributed by atoms with Crippen LogP contribution in [0.5, 0.6) is 11.6 Å². The molecule has 0 fully saturated rings.